The fourth-order valence-corrected chi connectivity index (χ4v) is 1.04. The number of hydrogen-bond acceptors (Lipinski definition) is 2. The van der Waals surface area contributed by atoms with Gasteiger partial charge in [0.25, 0.3) is 0 Å². The highest BCUT2D eigenvalue weighted by atomic mass is 16.5. The summed E-state index contributed by atoms with van der Waals surface area (Å²) in [6.45, 7) is 4.61. The predicted molar refractivity (Wildman–Crippen MR) is 57.0 cm³/mol. The van der Waals surface area contributed by atoms with Crippen molar-refractivity contribution >= 4 is 5.91 Å². The van der Waals surface area contributed by atoms with Gasteiger partial charge in [0.1, 0.15) is 0 Å². The fourth-order valence-electron chi connectivity index (χ4n) is 1.04. The number of rotatable bonds is 7. The van der Waals surface area contributed by atoms with E-state index >= 15 is 0 Å². The Bertz CT molecular complexity index is 164. The molecule has 0 spiro atoms. The first-order valence-electron chi connectivity index (χ1n) is 5.04. The highest BCUT2D eigenvalue weighted by Crippen LogP contribution is 1.93. The zero-order valence-electron chi connectivity index (χ0n) is 9.80. The number of quaternary nitrogens is 1. The molecule has 0 aliphatic rings. The molecule has 1 N–H and O–H groups in total. The molecule has 4 nitrogen and oxygen atoms in total. The standard InChI is InChI=1S/C10H22N2O2/c1-10(13)11-6-9-14-8-5-7-12(2,3)4/h5-9H2,1-4H3/p+1. The van der Waals surface area contributed by atoms with E-state index in [1.165, 1.54) is 6.92 Å². The summed E-state index contributed by atoms with van der Waals surface area (Å²) in [6, 6.07) is 0. The van der Waals surface area contributed by atoms with Crippen molar-refractivity contribution in [2.75, 3.05) is 47.4 Å². The topological polar surface area (TPSA) is 38.3 Å². The maximum Gasteiger partial charge on any atom is 0.216 e. The number of nitrogens with zero attached hydrogens (tertiary/aromatic N) is 1. The molecule has 0 aromatic heterocycles. The zero-order valence-corrected chi connectivity index (χ0v) is 9.80. The van der Waals surface area contributed by atoms with E-state index in [9.17, 15) is 4.79 Å². The fraction of sp³-hybridized carbons (Fsp3) is 0.900. The summed E-state index contributed by atoms with van der Waals surface area (Å²) in [5.41, 5.74) is 0. The molecule has 1 amide bonds. The zero-order chi connectivity index (χ0) is 11.0. The van der Waals surface area contributed by atoms with Gasteiger partial charge in [-0.1, -0.05) is 0 Å². The molecular weight excluding hydrogens is 180 g/mol. The van der Waals surface area contributed by atoms with E-state index in [4.69, 9.17) is 4.74 Å². The monoisotopic (exact) mass is 203 g/mol. The summed E-state index contributed by atoms with van der Waals surface area (Å²) in [5, 5.41) is 2.68. The first-order valence-corrected chi connectivity index (χ1v) is 5.04. The molecule has 0 aromatic rings. The average Bonchev–Trinajstić information content (AvgIpc) is 2.00. The van der Waals surface area contributed by atoms with Crippen molar-refractivity contribution in [3.05, 3.63) is 0 Å². The van der Waals surface area contributed by atoms with E-state index in [-0.39, 0.29) is 5.91 Å². The van der Waals surface area contributed by atoms with E-state index < -0.39 is 0 Å². The Labute approximate surface area is 86.8 Å². The highest BCUT2D eigenvalue weighted by molar-refractivity contribution is 5.72. The van der Waals surface area contributed by atoms with Crippen LogP contribution in [0.1, 0.15) is 13.3 Å². The third kappa shape index (κ3) is 11.4. The molecule has 0 fully saturated rings. The Morgan fingerprint density at radius 2 is 1.93 bits per heavy atom. The van der Waals surface area contributed by atoms with Crippen LogP contribution in [0.15, 0.2) is 0 Å². The largest absolute Gasteiger partial charge is 0.379 e. The van der Waals surface area contributed by atoms with Crippen LogP contribution in [0.3, 0.4) is 0 Å². The Hall–Kier alpha value is -0.610. The van der Waals surface area contributed by atoms with Crippen LogP contribution >= 0.6 is 0 Å². The van der Waals surface area contributed by atoms with Crippen LogP contribution in [0.25, 0.3) is 0 Å². The minimum Gasteiger partial charge on any atom is -0.379 e. The normalized spacial score (nSPS) is 11.4. The summed E-state index contributed by atoms with van der Waals surface area (Å²) in [7, 11) is 6.49. The number of hydrogen-bond donors (Lipinski definition) is 1. The van der Waals surface area contributed by atoms with Gasteiger partial charge in [-0.15, -0.1) is 0 Å². The summed E-state index contributed by atoms with van der Waals surface area (Å²) in [4.78, 5) is 10.5. The smallest absolute Gasteiger partial charge is 0.216 e. The summed E-state index contributed by atoms with van der Waals surface area (Å²) in [5.74, 6) is -0.0000387. The van der Waals surface area contributed by atoms with Crippen LogP contribution in [0.2, 0.25) is 0 Å². The molecule has 0 atom stereocenters. The van der Waals surface area contributed by atoms with Gasteiger partial charge in [-0.2, -0.15) is 0 Å². The quantitative estimate of drug-likeness (QED) is 0.475. The first-order chi connectivity index (χ1) is 6.42. The number of nitrogens with one attached hydrogen (secondary N) is 1. The molecule has 0 aliphatic heterocycles. The lowest BCUT2D eigenvalue weighted by atomic mass is 10.4. The molecule has 0 bridgehead atoms. The minimum atomic E-state index is -0.0000387. The maximum atomic E-state index is 10.5. The number of carbonyl (C=O) groups excluding carboxylic acids is 1. The predicted octanol–water partition coefficient (Wildman–Crippen LogP) is 0.235. The number of carbonyl (C=O) groups is 1. The van der Waals surface area contributed by atoms with Gasteiger partial charge < -0.3 is 14.5 Å². The summed E-state index contributed by atoms with van der Waals surface area (Å²) >= 11 is 0. The van der Waals surface area contributed by atoms with E-state index in [0.29, 0.717) is 13.2 Å². The molecule has 84 valence electrons. The van der Waals surface area contributed by atoms with Gasteiger partial charge in [0.05, 0.1) is 40.9 Å². The van der Waals surface area contributed by atoms with Crippen molar-refractivity contribution in [2.45, 2.75) is 13.3 Å². The molecule has 14 heavy (non-hydrogen) atoms. The third-order valence-electron chi connectivity index (χ3n) is 1.74. The lowest BCUT2D eigenvalue weighted by Gasteiger charge is -2.23. The van der Waals surface area contributed by atoms with Crippen molar-refractivity contribution in [3.63, 3.8) is 0 Å². The van der Waals surface area contributed by atoms with Gasteiger partial charge >= 0.3 is 0 Å². The van der Waals surface area contributed by atoms with Crippen molar-refractivity contribution in [3.8, 4) is 0 Å². The Kier molecular flexibility index (Phi) is 6.49. The van der Waals surface area contributed by atoms with Crippen LogP contribution in [-0.2, 0) is 9.53 Å². The molecule has 0 saturated carbocycles. The lowest BCUT2D eigenvalue weighted by Crippen LogP contribution is -2.35. The molecule has 0 rings (SSSR count). The number of amides is 1. The molecule has 0 aromatic carbocycles. The minimum absolute atomic E-state index is 0.0000387. The van der Waals surface area contributed by atoms with Crippen molar-refractivity contribution < 1.29 is 14.0 Å². The van der Waals surface area contributed by atoms with Crippen LogP contribution < -0.4 is 5.32 Å². The summed E-state index contributed by atoms with van der Waals surface area (Å²) < 4.78 is 6.32. The highest BCUT2D eigenvalue weighted by Gasteiger charge is 2.05. The Morgan fingerprint density at radius 1 is 1.29 bits per heavy atom. The summed E-state index contributed by atoms with van der Waals surface area (Å²) in [6.07, 6.45) is 1.06. The van der Waals surface area contributed by atoms with Crippen LogP contribution in [0, 0.1) is 0 Å². The van der Waals surface area contributed by atoms with Crippen molar-refractivity contribution in [1.82, 2.24) is 5.32 Å². The molecule has 0 heterocycles. The maximum absolute atomic E-state index is 10.5. The molecule has 0 aliphatic carbocycles. The lowest BCUT2D eigenvalue weighted by molar-refractivity contribution is -0.870. The van der Waals surface area contributed by atoms with Gasteiger partial charge in [0.15, 0.2) is 0 Å². The first kappa shape index (κ1) is 13.4. The van der Waals surface area contributed by atoms with Gasteiger partial charge in [-0.25, -0.2) is 0 Å². The van der Waals surface area contributed by atoms with Gasteiger partial charge in [0.2, 0.25) is 5.91 Å². The SMILES string of the molecule is CC(=O)NCCOCCC[N+](C)(C)C. The molecule has 0 unspecified atom stereocenters. The molecule has 0 radical (unpaired) electrons. The van der Waals surface area contributed by atoms with Gasteiger partial charge in [-0.3, -0.25) is 4.79 Å². The average molecular weight is 203 g/mol. The Morgan fingerprint density at radius 3 is 2.43 bits per heavy atom. The van der Waals surface area contributed by atoms with Crippen molar-refractivity contribution in [2.24, 2.45) is 0 Å². The Balaban J connectivity index is 3.11. The van der Waals surface area contributed by atoms with Gasteiger partial charge in [0, 0.05) is 19.9 Å². The van der Waals surface area contributed by atoms with Gasteiger partial charge in [-0.05, 0) is 0 Å². The van der Waals surface area contributed by atoms with Crippen molar-refractivity contribution in [1.29, 1.82) is 0 Å². The van der Waals surface area contributed by atoms with E-state index in [1.54, 1.807) is 0 Å². The van der Waals surface area contributed by atoms with Crippen LogP contribution in [0.5, 0.6) is 0 Å². The number of ether oxygens (including phenoxy) is 1. The van der Waals surface area contributed by atoms with E-state index in [2.05, 4.69) is 26.5 Å². The molecule has 0 saturated heterocycles. The second-order valence-electron chi connectivity index (χ2n) is 4.46. The second kappa shape index (κ2) is 6.79. The van der Waals surface area contributed by atoms with E-state index in [1.807, 2.05) is 0 Å². The van der Waals surface area contributed by atoms with Crippen LogP contribution in [0.4, 0.5) is 0 Å². The van der Waals surface area contributed by atoms with Crippen LogP contribution in [-0.4, -0.2) is 57.8 Å². The molecular formula is C10H23N2O2+. The van der Waals surface area contributed by atoms with E-state index in [0.717, 1.165) is 24.1 Å². The molecule has 4 heteroatoms. The second-order valence-corrected chi connectivity index (χ2v) is 4.46. The third-order valence-corrected chi connectivity index (χ3v) is 1.74.